The molecule has 2 aromatic heterocycles. The highest BCUT2D eigenvalue weighted by Crippen LogP contribution is 2.38. The van der Waals surface area contributed by atoms with E-state index in [4.69, 9.17) is 14.2 Å². The lowest BCUT2D eigenvalue weighted by molar-refractivity contribution is -0.218. The molecule has 1 saturated heterocycles. The molecule has 13 heteroatoms. The summed E-state index contributed by atoms with van der Waals surface area (Å²) < 4.78 is 31.0. The molecular formula is C20H22FN3O9. The summed E-state index contributed by atoms with van der Waals surface area (Å²) in [5.41, 5.74) is -1.88. The average molecular weight is 467 g/mol. The number of aliphatic hydroxyl groups excluding tert-OH is 2. The van der Waals surface area contributed by atoms with E-state index in [1.54, 1.807) is 0 Å². The Hall–Kier alpha value is -3.42. The number of aromatic nitrogens is 3. The molecule has 0 amide bonds. The molecule has 0 saturated carbocycles. The second kappa shape index (κ2) is 9.60. The molecule has 1 fully saturated rings. The molecular weight excluding hydrogens is 445 g/mol. The third-order valence-electron chi connectivity index (χ3n) is 4.85. The topological polar surface area (TPSA) is 159 Å². The lowest BCUT2D eigenvalue weighted by Gasteiger charge is -2.23. The van der Waals surface area contributed by atoms with Crippen LogP contribution in [-0.2, 0) is 25.7 Å². The van der Waals surface area contributed by atoms with Crippen molar-refractivity contribution in [3.8, 4) is 0 Å². The van der Waals surface area contributed by atoms with Crippen LogP contribution in [0.1, 0.15) is 30.4 Å². The van der Waals surface area contributed by atoms with E-state index < -0.39 is 66.7 Å². The normalized spacial score (nSPS) is 24.6. The van der Waals surface area contributed by atoms with Gasteiger partial charge < -0.3 is 24.4 Å². The van der Waals surface area contributed by atoms with Crippen LogP contribution in [0.5, 0.6) is 0 Å². The van der Waals surface area contributed by atoms with Gasteiger partial charge in [-0.2, -0.15) is 0 Å². The standard InChI is InChI=1S/C20H22FN3O9/c1-11(2)17(28)31-9-20(21)15(27)14(26)16(33-20)23-7-5-13(25)24(19(23)30)10-32-18(29)12-4-3-6-22-8-12/h3-8,11,14-16,26-27H,9-10H2,1-2H3/t14-,15+,16-,20-/m1/s1. The number of halogens is 1. The van der Waals surface area contributed by atoms with Crippen LogP contribution in [0.3, 0.4) is 0 Å². The third-order valence-corrected chi connectivity index (χ3v) is 4.85. The zero-order chi connectivity index (χ0) is 24.3. The summed E-state index contributed by atoms with van der Waals surface area (Å²) in [7, 11) is 0. The Kier molecular flexibility index (Phi) is 7.05. The summed E-state index contributed by atoms with van der Waals surface area (Å²) in [5.74, 6) is -5.20. The minimum absolute atomic E-state index is 0.0811. The predicted octanol–water partition coefficient (Wildman–Crippen LogP) is -0.665. The van der Waals surface area contributed by atoms with Crippen molar-refractivity contribution in [2.45, 2.75) is 44.9 Å². The van der Waals surface area contributed by atoms with Crippen molar-refractivity contribution < 1.29 is 38.4 Å². The maximum atomic E-state index is 15.1. The molecule has 2 aromatic rings. The van der Waals surface area contributed by atoms with E-state index in [9.17, 15) is 29.4 Å². The van der Waals surface area contributed by atoms with Crippen molar-refractivity contribution in [3.63, 3.8) is 0 Å². The Bertz CT molecular complexity index is 1130. The molecule has 0 spiro atoms. The van der Waals surface area contributed by atoms with E-state index >= 15 is 4.39 Å². The third kappa shape index (κ3) is 4.99. The number of carbonyl (C=O) groups is 2. The maximum Gasteiger partial charge on any atom is 0.341 e. The van der Waals surface area contributed by atoms with Crippen molar-refractivity contribution in [2.75, 3.05) is 6.61 Å². The van der Waals surface area contributed by atoms with Crippen LogP contribution in [0.25, 0.3) is 0 Å². The van der Waals surface area contributed by atoms with Gasteiger partial charge in [-0.3, -0.25) is 19.1 Å². The Morgan fingerprint density at radius 2 is 2.00 bits per heavy atom. The van der Waals surface area contributed by atoms with Gasteiger partial charge in [0, 0.05) is 24.7 Å². The summed E-state index contributed by atoms with van der Waals surface area (Å²) in [6.45, 7) is 1.21. The van der Waals surface area contributed by atoms with Crippen molar-refractivity contribution in [1.82, 2.24) is 14.1 Å². The van der Waals surface area contributed by atoms with E-state index in [1.807, 2.05) is 0 Å². The number of nitrogens with zero attached hydrogens (tertiary/aromatic N) is 3. The maximum absolute atomic E-state index is 15.1. The van der Waals surface area contributed by atoms with Crippen molar-refractivity contribution in [3.05, 3.63) is 63.2 Å². The number of hydrogen-bond donors (Lipinski definition) is 2. The van der Waals surface area contributed by atoms with E-state index in [2.05, 4.69) is 4.98 Å². The molecule has 12 nitrogen and oxygen atoms in total. The molecule has 0 aromatic carbocycles. The van der Waals surface area contributed by atoms with Gasteiger partial charge in [0.15, 0.2) is 19.6 Å². The summed E-state index contributed by atoms with van der Waals surface area (Å²) >= 11 is 0. The van der Waals surface area contributed by atoms with Crippen LogP contribution in [0.2, 0.25) is 0 Å². The second-order valence-corrected chi connectivity index (χ2v) is 7.57. The fraction of sp³-hybridized carbons (Fsp3) is 0.450. The zero-order valence-corrected chi connectivity index (χ0v) is 17.7. The van der Waals surface area contributed by atoms with Gasteiger partial charge in [0.05, 0.1) is 11.5 Å². The van der Waals surface area contributed by atoms with Gasteiger partial charge in [-0.05, 0) is 12.1 Å². The summed E-state index contributed by atoms with van der Waals surface area (Å²) in [4.78, 5) is 52.4. The molecule has 0 radical (unpaired) electrons. The summed E-state index contributed by atoms with van der Waals surface area (Å²) in [5, 5.41) is 20.4. The van der Waals surface area contributed by atoms with E-state index in [0.29, 0.717) is 9.13 Å². The molecule has 0 unspecified atom stereocenters. The zero-order valence-electron chi connectivity index (χ0n) is 17.7. The fourth-order valence-electron chi connectivity index (χ4n) is 2.96. The van der Waals surface area contributed by atoms with Crippen LogP contribution >= 0.6 is 0 Å². The highest BCUT2D eigenvalue weighted by Gasteiger charge is 2.57. The number of rotatable bonds is 7. The number of carbonyl (C=O) groups excluding carboxylic acids is 2. The van der Waals surface area contributed by atoms with E-state index in [-0.39, 0.29) is 5.56 Å². The Morgan fingerprint density at radius 3 is 2.64 bits per heavy atom. The van der Waals surface area contributed by atoms with Gasteiger partial charge in [-0.1, -0.05) is 13.8 Å². The number of hydrogen-bond acceptors (Lipinski definition) is 10. The van der Waals surface area contributed by atoms with Crippen molar-refractivity contribution >= 4 is 11.9 Å². The first-order valence-electron chi connectivity index (χ1n) is 9.84. The van der Waals surface area contributed by atoms with Crippen LogP contribution in [0, 0.1) is 5.92 Å². The first kappa shape index (κ1) is 24.2. The molecule has 3 rings (SSSR count). The summed E-state index contributed by atoms with van der Waals surface area (Å²) in [6, 6.07) is 3.81. The van der Waals surface area contributed by atoms with Gasteiger partial charge in [0.1, 0.15) is 12.2 Å². The fourth-order valence-corrected chi connectivity index (χ4v) is 2.96. The lowest BCUT2D eigenvalue weighted by atomic mass is 10.1. The number of pyridine rings is 1. The van der Waals surface area contributed by atoms with Gasteiger partial charge >= 0.3 is 17.6 Å². The molecule has 1 aliphatic heterocycles. The first-order valence-corrected chi connectivity index (χ1v) is 9.84. The molecule has 33 heavy (non-hydrogen) atoms. The molecule has 1 aliphatic rings. The van der Waals surface area contributed by atoms with Crippen molar-refractivity contribution in [1.29, 1.82) is 0 Å². The molecule has 0 bridgehead atoms. The lowest BCUT2D eigenvalue weighted by Crippen LogP contribution is -2.44. The van der Waals surface area contributed by atoms with E-state index in [0.717, 1.165) is 12.3 Å². The Balaban J connectivity index is 1.80. The highest BCUT2D eigenvalue weighted by molar-refractivity contribution is 5.88. The molecule has 2 N–H and O–H groups in total. The minimum atomic E-state index is -3.01. The van der Waals surface area contributed by atoms with Crippen LogP contribution in [0.4, 0.5) is 4.39 Å². The Labute approximate surface area is 185 Å². The second-order valence-electron chi connectivity index (χ2n) is 7.57. The number of ether oxygens (including phenoxy) is 3. The molecule has 4 atom stereocenters. The molecule has 178 valence electrons. The van der Waals surface area contributed by atoms with Gasteiger partial charge in [-0.15, -0.1) is 0 Å². The molecule has 0 aliphatic carbocycles. The first-order chi connectivity index (χ1) is 15.5. The number of alkyl halides is 1. The van der Waals surface area contributed by atoms with Gasteiger partial charge in [0.25, 0.3) is 11.4 Å². The van der Waals surface area contributed by atoms with Gasteiger partial charge in [0.2, 0.25) is 0 Å². The largest absolute Gasteiger partial charge is 0.459 e. The summed E-state index contributed by atoms with van der Waals surface area (Å²) in [6.07, 6.45) is -2.29. The van der Waals surface area contributed by atoms with E-state index in [1.165, 1.54) is 38.4 Å². The highest BCUT2D eigenvalue weighted by atomic mass is 19.2. The number of esters is 2. The SMILES string of the molecule is CC(C)C(=O)OC[C@@]1(F)O[C@@H](n2ccc(=O)n(COC(=O)c3cccnc3)c2=O)[C@H](O)[C@@H]1O. The van der Waals surface area contributed by atoms with Crippen LogP contribution in [0.15, 0.2) is 46.4 Å². The van der Waals surface area contributed by atoms with Crippen LogP contribution in [-0.4, -0.2) is 60.9 Å². The quantitative estimate of drug-likeness (QED) is 0.500. The Morgan fingerprint density at radius 1 is 1.27 bits per heavy atom. The smallest absolute Gasteiger partial charge is 0.341 e. The monoisotopic (exact) mass is 467 g/mol. The van der Waals surface area contributed by atoms with Crippen molar-refractivity contribution in [2.24, 2.45) is 5.92 Å². The number of aliphatic hydroxyl groups is 2. The van der Waals surface area contributed by atoms with Gasteiger partial charge in [-0.25, -0.2) is 18.5 Å². The molecule has 3 heterocycles. The van der Waals surface area contributed by atoms with Crippen LogP contribution < -0.4 is 11.2 Å². The minimum Gasteiger partial charge on any atom is -0.459 e. The predicted molar refractivity (Wildman–Crippen MR) is 106 cm³/mol. The average Bonchev–Trinajstić information content (AvgIpc) is 3.02.